The highest BCUT2D eigenvalue weighted by Crippen LogP contribution is 2.25. The molecule has 146 valence electrons. The summed E-state index contributed by atoms with van der Waals surface area (Å²) in [7, 11) is -2.39. The number of esters is 1. The van der Waals surface area contributed by atoms with Crippen LogP contribution in [0.25, 0.3) is 0 Å². The van der Waals surface area contributed by atoms with E-state index in [1.807, 2.05) is 30.3 Å². The summed E-state index contributed by atoms with van der Waals surface area (Å²) in [6, 6.07) is 17.8. The SMILES string of the molecule is COC(=O)CCCC(O)C(CCc1ccccc1)S(=O)(=O)c1ccccc1. The Morgan fingerprint density at radius 2 is 1.59 bits per heavy atom. The summed E-state index contributed by atoms with van der Waals surface area (Å²) in [6.45, 7) is 0. The first-order chi connectivity index (χ1) is 12.9. The van der Waals surface area contributed by atoms with Crippen molar-refractivity contribution in [2.24, 2.45) is 0 Å². The third-order valence-electron chi connectivity index (χ3n) is 4.57. The molecule has 1 N–H and O–H groups in total. The fourth-order valence-corrected chi connectivity index (χ4v) is 4.90. The normalized spacial score (nSPS) is 13.7. The van der Waals surface area contributed by atoms with Gasteiger partial charge in [0.2, 0.25) is 0 Å². The molecule has 6 heteroatoms. The number of ether oxygens (including phenoxy) is 1. The largest absolute Gasteiger partial charge is 0.469 e. The van der Waals surface area contributed by atoms with Gasteiger partial charge in [-0.3, -0.25) is 4.79 Å². The van der Waals surface area contributed by atoms with Gasteiger partial charge < -0.3 is 9.84 Å². The van der Waals surface area contributed by atoms with Crippen molar-refractivity contribution >= 4 is 15.8 Å². The highest BCUT2D eigenvalue weighted by Gasteiger charge is 2.33. The number of hydrogen-bond acceptors (Lipinski definition) is 5. The zero-order valence-electron chi connectivity index (χ0n) is 15.5. The van der Waals surface area contributed by atoms with E-state index >= 15 is 0 Å². The molecule has 2 aromatic rings. The standard InChI is InChI=1S/C21H26O5S/c1-26-21(23)14-8-13-19(22)20(16-15-17-9-4-2-5-10-17)27(24,25)18-11-6-3-7-12-18/h2-7,9-12,19-20,22H,8,13-16H2,1H3. The van der Waals surface area contributed by atoms with Gasteiger partial charge in [-0.2, -0.15) is 0 Å². The fraction of sp³-hybridized carbons (Fsp3) is 0.381. The van der Waals surface area contributed by atoms with Gasteiger partial charge in [-0.15, -0.1) is 0 Å². The Bertz CT molecular complexity index is 803. The van der Waals surface area contributed by atoms with Gasteiger partial charge in [0, 0.05) is 6.42 Å². The molecule has 2 atom stereocenters. The number of carbonyl (C=O) groups excluding carboxylic acids is 1. The number of rotatable bonds is 10. The second kappa shape index (κ2) is 10.2. The molecule has 0 amide bonds. The third kappa shape index (κ3) is 6.19. The van der Waals surface area contributed by atoms with Crippen LogP contribution >= 0.6 is 0 Å². The molecule has 2 unspecified atom stereocenters. The van der Waals surface area contributed by atoms with Crippen LogP contribution in [0.4, 0.5) is 0 Å². The number of carbonyl (C=O) groups is 1. The maximum Gasteiger partial charge on any atom is 0.305 e. The lowest BCUT2D eigenvalue weighted by Crippen LogP contribution is -2.35. The summed E-state index contributed by atoms with van der Waals surface area (Å²) in [5.74, 6) is -0.367. The zero-order chi connectivity index (χ0) is 19.7. The maximum atomic E-state index is 13.1. The Hall–Kier alpha value is -2.18. The molecule has 27 heavy (non-hydrogen) atoms. The van der Waals surface area contributed by atoms with E-state index in [1.165, 1.54) is 7.11 Å². The molecule has 0 bridgehead atoms. The molecule has 0 saturated heterocycles. The minimum atomic E-state index is -3.69. The van der Waals surface area contributed by atoms with Gasteiger partial charge in [0.05, 0.1) is 23.4 Å². The van der Waals surface area contributed by atoms with Gasteiger partial charge >= 0.3 is 5.97 Å². The van der Waals surface area contributed by atoms with Crippen molar-refractivity contribution in [1.29, 1.82) is 0 Å². The van der Waals surface area contributed by atoms with Crippen molar-refractivity contribution in [2.75, 3.05) is 7.11 Å². The molecule has 0 fully saturated rings. The number of hydrogen-bond donors (Lipinski definition) is 1. The summed E-state index contributed by atoms with van der Waals surface area (Å²) in [6.07, 6.45) is 0.556. The smallest absolute Gasteiger partial charge is 0.305 e. The first-order valence-corrected chi connectivity index (χ1v) is 10.6. The van der Waals surface area contributed by atoms with Crippen LogP contribution in [-0.4, -0.2) is 38.0 Å². The summed E-state index contributed by atoms with van der Waals surface area (Å²) < 4.78 is 30.8. The predicted molar refractivity (Wildman–Crippen MR) is 104 cm³/mol. The Labute approximate surface area is 160 Å². The van der Waals surface area contributed by atoms with E-state index in [0.29, 0.717) is 19.3 Å². The van der Waals surface area contributed by atoms with Crippen molar-refractivity contribution in [3.63, 3.8) is 0 Å². The molecule has 0 heterocycles. The van der Waals surface area contributed by atoms with Crippen molar-refractivity contribution in [3.05, 3.63) is 66.2 Å². The number of sulfone groups is 1. The Balaban J connectivity index is 2.15. The predicted octanol–water partition coefficient (Wildman–Crippen LogP) is 3.17. The van der Waals surface area contributed by atoms with Crippen molar-refractivity contribution in [1.82, 2.24) is 0 Å². The molecule has 5 nitrogen and oxygen atoms in total. The molecular weight excluding hydrogens is 364 g/mol. The second-order valence-electron chi connectivity index (χ2n) is 6.46. The minimum Gasteiger partial charge on any atom is -0.469 e. The van der Waals surface area contributed by atoms with Crippen LogP contribution in [0, 0.1) is 0 Å². The molecular formula is C21H26O5S. The first-order valence-electron chi connectivity index (χ1n) is 9.03. The molecule has 0 aliphatic rings. The number of benzene rings is 2. The fourth-order valence-electron chi connectivity index (χ4n) is 3.04. The number of aliphatic hydroxyl groups excluding tert-OH is 1. The van der Waals surface area contributed by atoms with E-state index in [2.05, 4.69) is 4.74 Å². The zero-order valence-corrected chi connectivity index (χ0v) is 16.3. The Kier molecular flexibility index (Phi) is 8.00. The van der Waals surface area contributed by atoms with Crippen LogP contribution in [0.3, 0.4) is 0 Å². The van der Waals surface area contributed by atoms with Gasteiger partial charge in [0.15, 0.2) is 9.84 Å². The quantitative estimate of drug-likeness (QED) is 0.630. The van der Waals surface area contributed by atoms with Crippen LogP contribution in [0.1, 0.15) is 31.2 Å². The molecule has 2 aromatic carbocycles. The highest BCUT2D eigenvalue weighted by molar-refractivity contribution is 7.92. The average Bonchev–Trinajstić information content (AvgIpc) is 2.69. The van der Waals surface area contributed by atoms with Crippen molar-refractivity contribution in [2.45, 2.75) is 48.4 Å². The summed E-state index contributed by atoms with van der Waals surface area (Å²) in [4.78, 5) is 11.5. The second-order valence-corrected chi connectivity index (χ2v) is 8.62. The van der Waals surface area contributed by atoms with Crippen LogP contribution in [0.2, 0.25) is 0 Å². The molecule has 2 rings (SSSR count). The lowest BCUT2D eigenvalue weighted by Gasteiger charge is -2.23. The lowest BCUT2D eigenvalue weighted by atomic mass is 10.0. The van der Waals surface area contributed by atoms with Gasteiger partial charge in [0.1, 0.15) is 0 Å². The van der Waals surface area contributed by atoms with Crippen LogP contribution in [0.5, 0.6) is 0 Å². The number of aliphatic hydroxyl groups is 1. The van der Waals surface area contributed by atoms with Gasteiger partial charge in [-0.05, 0) is 43.4 Å². The molecule has 0 saturated carbocycles. The molecule has 0 radical (unpaired) electrons. The highest BCUT2D eigenvalue weighted by atomic mass is 32.2. The minimum absolute atomic E-state index is 0.157. The van der Waals surface area contributed by atoms with E-state index in [9.17, 15) is 18.3 Å². The van der Waals surface area contributed by atoms with Crippen LogP contribution < -0.4 is 0 Å². The molecule has 0 aliphatic heterocycles. The Morgan fingerprint density at radius 1 is 1.00 bits per heavy atom. The van der Waals surface area contributed by atoms with E-state index in [1.54, 1.807) is 30.3 Å². The van der Waals surface area contributed by atoms with E-state index in [-0.39, 0.29) is 23.7 Å². The van der Waals surface area contributed by atoms with Crippen LogP contribution in [-0.2, 0) is 25.8 Å². The van der Waals surface area contributed by atoms with Crippen LogP contribution in [0.15, 0.2) is 65.6 Å². The lowest BCUT2D eigenvalue weighted by molar-refractivity contribution is -0.140. The Morgan fingerprint density at radius 3 is 2.19 bits per heavy atom. The van der Waals surface area contributed by atoms with E-state index in [4.69, 9.17) is 0 Å². The van der Waals surface area contributed by atoms with E-state index < -0.39 is 21.2 Å². The van der Waals surface area contributed by atoms with Gasteiger partial charge in [-0.25, -0.2) is 8.42 Å². The summed E-state index contributed by atoms with van der Waals surface area (Å²) in [5, 5.41) is 9.71. The summed E-state index contributed by atoms with van der Waals surface area (Å²) >= 11 is 0. The molecule has 0 spiro atoms. The number of methoxy groups -OCH3 is 1. The van der Waals surface area contributed by atoms with Gasteiger partial charge in [0.25, 0.3) is 0 Å². The monoisotopic (exact) mass is 390 g/mol. The van der Waals surface area contributed by atoms with Crippen molar-refractivity contribution in [3.8, 4) is 0 Å². The topological polar surface area (TPSA) is 80.7 Å². The van der Waals surface area contributed by atoms with Crippen molar-refractivity contribution < 1.29 is 23.1 Å². The molecule has 0 aliphatic carbocycles. The van der Waals surface area contributed by atoms with Gasteiger partial charge in [-0.1, -0.05) is 48.5 Å². The third-order valence-corrected chi connectivity index (χ3v) is 6.84. The number of aryl methyl sites for hydroxylation is 1. The average molecular weight is 391 g/mol. The first kappa shape index (κ1) is 21.1. The summed E-state index contributed by atoms with van der Waals surface area (Å²) in [5.41, 5.74) is 1.02. The maximum absolute atomic E-state index is 13.1. The van der Waals surface area contributed by atoms with E-state index in [0.717, 1.165) is 5.56 Å². The molecule has 0 aromatic heterocycles.